The Morgan fingerprint density at radius 3 is 2.89 bits per heavy atom. The Morgan fingerprint density at radius 2 is 2.28 bits per heavy atom. The Hall–Kier alpha value is -0.840. The first-order chi connectivity index (χ1) is 8.50. The number of hydrogen-bond donors (Lipinski definition) is 1. The molecule has 0 aromatic heterocycles. The van der Waals surface area contributed by atoms with Crippen LogP contribution in [0, 0.1) is 5.92 Å². The quantitative estimate of drug-likeness (QED) is 0.893. The number of ether oxygens (including phenoxy) is 1. The molecule has 1 aromatic carbocycles. The van der Waals surface area contributed by atoms with Crippen LogP contribution in [-0.2, 0) is 0 Å². The van der Waals surface area contributed by atoms with Gasteiger partial charge >= 0.3 is 0 Å². The van der Waals surface area contributed by atoms with Crippen molar-refractivity contribution in [2.45, 2.75) is 25.2 Å². The van der Waals surface area contributed by atoms with Gasteiger partial charge in [-0.3, -0.25) is 0 Å². The third kappa shape index (κ3) is 3.34. The summed E-state index contributed by atoms with van der Waals surface area (Å²) in [5, 5.41) is 3.19. The molecule has 1 aliphatic rings. The lowest BCUT2D eigenvalue weighted by Crippen LogP contribution is -2.15. The molecule has 18 heavy (non-hydrogen) atoms. The summed E-state index contributed by atoms with van der Waals surface area (Å²) in [6.45, 7) is 0.584. The molecule has 0 radical (unpaired) electrons. The van der Waals surface area contributed by atoms with Gasteiger partial charge in [0.05, 0.1) is 11.6 Å². The van der Waals surface area contributed by atoms with Gasteiger partial charge in [-0.05, 0) is 40.4 Å². The molecule has 0 heterocycles. The summed E-state index contributed by atoms with van der Waals surface area (Å²) < 4.78 is 32.1. The monoisotopic (exact) mass is 319 g/mol. The van der Waals surface area contributed by atoms with E-state index >= 15 is 0 Å². The zero-order valence-electron chi connectivity index (χ0n) is 10.2. The minimum atomic E-state index is -2.47. The van der Waals surface area contributed by atoms with E-state index in [2.05, 4.69) is 21.2 Å². The predicted molar refractivity (Wildman–Crippen MR) is 71.5 cm³/mol. The second-order valence-corrected chi connectivity index (χ2v) is 5.55. The third-order valence-electron chi connectivity index (χ3n) is 3.25. The zero-order chi connectivity index (χ0) is 13.2. The molecule has 100 valence electrons. The molecule has 0 amide bonds. The van der Waals surface area contributed by atoms with E-state index in [1.165, 1.54) is 0 Å². The van der Waals surface area contributed by atoms with Gasteiger partial charge in [0, 0.05) is 31.1 Å². The molecule has 5 heteroatoms. The van der Waals surface area contributed by atoms with Gasteiger partial charge in [-0.15, -0.1) is 0 Å². The van der Waals surface area contributed by atoms with Crippen LogP contribution in [0.2, 0.25) is 0 Å². The van der Waals surface area contributed by atoms with Crippen LogP contribution < -0.4 is 10.1 Å². The molecular formula is C13H16BrF2NO. The first kappa shape index (κ1) is 13.6. The number of methoxy groups -OCH3 is 1. The maximum atomic E-state index is 13.0. The fourth-order valence-corrected chi connectivity index (χ4v) is 2.66. The Kier molecular flexibility index (Phi) is 4.10. The van der Waals surface area contributed by atoms with Crippen LogP contribution in [0.25, 0.3) is 0 Å². The second kappa shape index (κ2) is 5.43. The highest BCUT2D eigenvalue weighted by Gasteiger charge is 2.38. The molecule has 1 aliphatic carbocycles. The van der Waals surface area contributed by atoms with Gasteiger partial charge in [0.1, 0.15) is 5.75 Å². The molecule has 0 aliphatic heterocycles. The van der Waals surface area contributed by atoms with Gasteiger partial charge in [-0.25, -0.2) is 8.78 Å². The Bertz CT molecular complexity index is 425. The fourth-order valence-electron chi connectivity index (χ4n) is 2.25. The van der Waals surface area contributed by atoms with Gasteiger partial charge in [0.25, 0.3) is 0 Å². The summed E-state index contributed by atoms with van der Waals surface area (Å²) in [5.74, 6) is -1.68. The molecule has 0 spiro atoms. The molecule has 1 N–H and O–H groups in total. The molecule has 0 saturated heterocycles. The van der Waals surface area contributed by atoms with E-state index in [0.717, 1.165) is 15.9 Å². The highest BCUT2D eigenvalue weighted by Crippen LogP contribution is 2.39. The summed E-state index contributed by atoms with van der Waals surface area (Å²) in [4.78, 5) is 0. The predicted octanol–water partition coefficient (Wildman–Crippen LogP) is 4.31. The fraction of sp³-hybridized carbons (Fsp3) is 0.538. The van der Waals surface area contributed by atoms with Crippen LogP contribution in [0.1, 0.15) is 19.3 Å². The molecule has 1 aromatic rings. The lowest BCUT2D eigenvalue weighted by atomic mass is 10.1. The summed E-state index contributed by atoms with van der Waals surface area (Å²) in [7, 11) is 1.60. The van der Waals surface area contributed by atoms with Crippen molar-refractivity contribution in [3.8, 4) is 5.75 Å². The topological polar surface area (TPSA) is 21.3 Å². The standard InChI is InChI=1S/C13H16BrF2NO/c1-18-12-6-10(2-3-11(12)14)17-8-9-4-5-13(15,16)7-9/h2-3,6,9,17H,4-5,7-8H2,1H3. The summed E-state index contributed by atoms with van der Waals surface area (Å²) >= 11 is 3.37. The lowest BCUT2D eigenvalue weighted by molar-refractivity contribution is 0.00556. The van der Waals surface area contributed by atoms with Crippen molar-refractivity contribution in [3.63, 3.8) is 0 Å². The van der Waals surface area contributed by atoms with E-state index in [1.54, 1.807) is 7.11 Å². The van der Waals surface area contributed by atoms with E-state index in [9.17, 15) is 8.78 Å². The summed E-state index contributed by atoms with van der Waals surface area (Å²) in [6.07, 6.45) is 0.602. The van der Waals surface area contributed by atoms with Crippen molar-refractivity contribution in [3.05, 3.63) is 22.7 Å². The number of halogens is 3. The lowest BCUT2D eigenvalue weighted by Gasteiger charge is -2.14. The SMILES string of the molecule is COc1cc(NCC2CCC(F)(F)C2)ccc1Br. The van der Waals surface area contributed by atoms with Crippen LogP contribution in [0.4, 0.5) is 14.5 Å². The first-order valence-corrected chi connectivity index (χ1v) is 6.75. The molecular weight excluding hydrogens is 304 g/mol. The van der Waals surface area contributed by atoms with Crippen molar-refractivity contribution < 1.29 is 13.5 Å². The van der Waals surface area contributed by atoms with E-state index in [0.29, 0.717) is 13.0 Å². The Labute approximate surface area is 114 Å². The van der Waals surface area contributed by atoms with Crippen LogP contribution in [0.3, 0.4) is 0 Å². The van der Waals surface area contributed by atoms with Gasteiger partial charge in [0.2, 0.25) is 5.92 Å². The maximum Gasteiger partial charge on any atom is 0.248 e. The third-order valence-corrected chi connectivity index (χ3v) is 3.91. The van der Waals surface area contributed by atoms with Crippen molar-refractivity contribution in [2.75, 3.05) is 19.0 Å². The molecule has 1 saturated carbocycles. The molecule has 2 rings (SSSR count). The largest absolute Gasteiger partial charge is 0.495 e. The van der Waals surface area contributed by atoms with Crippen LogP contribution in [0.5, 0.6) is 5.75 Å². The van der Waals surface area contributed by atoms with E-state index in [4.69, 9.17) is 4.74 Å². The molecule has 1 fully saturated rings. The van der Waals surface area contributed by atoms with Crippen molar-refractivity contribution >= 4 is 21.6 Å². The number of benzene rings is 1. The van der Waals surface area contributed by atoms with Gasteiger partial charge in [0.15, 0.2) is 0 Å². The normalized spacial score (nSPS) is 21.9. The average molecular weight is 320 g/mol. The van der Waals surface area contributed by atoms with Gasteiger partial charge < -0.3 is 10.1 Å². The number of nitrogens with one attached hydrogen (secondary N) is 1. The smallest absolute Gasteiger partial charge is 0.248 e. The van der Waals surface area contributed by atoms with Gasteiger partial charge in [-0.2, -0.15) is 0 Å². The maximum absolute atomic E-state index is 13.0. The van der Waals surface area contributed by atoms with Crippen LogP contribution in [0.15, 0.2) is 22.7 Å². The van der Waals surface area contributed by atoms with E-state index in [-0.39, 0.29) is 18.8 Å². The Balaban J connectivity index is 1.91. The highest BCUT2D eigenvalue weighted by atomic mass is 79.9. The van der Waals surface area contributed by atoms with Gasteiger partial charge in [-0.1, -0.05) is 0 Å². The number of rotatable bonds is 4. The van der Waals surface area contributed by atoms with Crippen molar-refractivity contribution in [2.24, 2.45) is 5.92 Å². The molecule has 2 nitrogen and oxygen atoms in total. The number of anilines is 1. The van der Waals surface area contributed by atoms with E-state index < -0.39 is 5.92 Å². The molecule has 1 unspecified atom stereocenters. The number of hydrogen-bond acceptors (Lipinski definition) is 2. The van der Waals surface area contributed by atoms with Crippen molar-refractivity contribution in [1.29, 1.82) is 0 Å². The van der Waals surface area contributed by atoms with Crippen LogP contribution >= 0.6 is 15.9 Å². The van der Waals surface area contributed by atoms with Crippen molar-refractivity contribution in [1.82, 2.24) is 0 Å². The first-order valence-electron chi connectivity index (χ1n) is 5.95. The summed E-state index contributed by atoms with van der Waals surface area (Å²) in [5.41, 5.74) is 0.894. The molecule has 1 atom stereocenters. The summed E-state index contributed by atoms with van der Waals surface area (Å²) in [6, 6.07) is 5.64. The minimum Gasteiger partial charge on any atom is -0.495 e. The second-order valence-electron chi connectivity index (χ2n) is 4.70. The van der Waals surface area contributed by atoms with E-state index in [1.807, 2.05) is 18.2 Å². The molecule has 0 bridgehead atoms. The zero-order valence-corrected chi connectivity index (χ0v) is 11.8. The van der Waals surface area contributed by atoms with Crippen LogP contribution in [-0.4, -0.2) is 19.6 Å². The minimum absolute atomic E-state index is 0.00629. The highest BCUT2D eigenvalue weighted by molar-refractivity contribution is 9.10. The number of alkyl halides is 2. The Morgan fingerprint density at radius 1 is 1.50 bits per heavy atom. The average Bonchev–Trinajstić information content (AvgIpc) is 2.68.